The maximum Gasteiger partial charge on any atom is 0.267 e. The van der Waals surface area contributed by atoms with E-state index in [9.17, 15) is 4.79 Å². The summed E-state index contributed by atoms with van der Waals surface area (Å²) in [5.41, 5.74) is 4.11. The van der Waals surface area contributed by atoms with Crippen molar-refractivity contribution in [2.75, 3.05) is 5.32 Å². The predicted molar refractivity (Wildman–Crippen MR) is 118 cm³/mol. The lowest BCUT2D eigenvalue weighted by molar-refractivity contribution is 0.0981. The molecule has 0 spiro atoms. The van der Waals surface area contributed by atoms with Crippen molar-refractivity contribution in [3.8, 4) is 10.6 Å². The maximum atomic E-state index is 12.0. The molecular weight excluding hydrogens is 394 g/mol. The summed E-state index contributed by atoms with van der Waals surface area (Å²) >= 11 is 8.27. The number of rotatable bonds is 3. The fourth-order valence-electron chi connectivity index (χ4n) is 2.59. The number of benzene rings is 2. The van der Waals surface area contributed by atoms with Gasteiger partial charge in [-0.3, -0.25) is 10.1 Å². The fourth-order valence-corrected chi connectivity index (χ4v) is 4.49. The first-order chi connectivity index (χ1) is 13.1. The van der Waals surface area contributed by atoms with Crippen molar-refractivity contribution in [3.63, 3.8) is 0 Å². The molecule has 4 nitrogen and oxygen atoms in total. The van der Waals surface area contributed by atoms with Crippen LogP contribution in [0.4, 0.5) is 5.69 Å². The molecule has 0 fully saturated rings. The van der Waals surface area contributed by atoms with E-state index in [0.29, 0.717) is 4.88 Å². The zero-order valence-electron chi connectivity index (χ0n) is 14.4. The average molecular weight is 410 g/mol. The van der Waals surface area contributed by atoms with E-state index >= 15 is 0 Å². The van der Waals surface area contributed by atoms with Crippen molar-refractivity contribution in [2.45, 2.75) is 6.92 Å². The average Bonchev–Trinajstić information content (AvgIpc) is 3.31. The van der Waals surface area contributed by atoms with Crippen LogP contribution in [0, 0.1) is 6.92 Å². The van der Waals surface area contributed by atoms with Gasteiger partial charge in [0.2, 0.25) is 0 Å². The van der Waals surface area contributed by atoms with E-state index in [1.807, 2.05) is 35.7 Å². The zero-order valence-corrected chi connectivity index (χ0v) is 16.8. The molecule has 134 valence electrons. The van der Waals surface area contributed by atoms with Crippen LogP contribution in [0.15, 0.2) is 60.0 Å². The number of fused-ring (bicyclic) bond motifs is 1. The first-order valence-corrected chi connectivity index (χ1v) is 10.3. The Morgan fingerprint density at radius 2 is 1.93 bits per heavy atom. The molecule has 2 heterocycles. The second-order valence-corrected chi connectivity index (χ2v) is 8.34. The lowest BCUT2D eigenvalue weighted by Crippen LogP contribution is -2.33. The summed E-state index contributed by atoms with van der Waals surface area (Å²) in [5.74, 6) is -0.205. The van der Waals surface area contributed by atoms with Gasteiger partial charge < -0.3 is 5.32 Å². The quantitative estimate of drug-likeness (QED) is 0.441. The number of thiazole rings is 1. The number of amides is 1. The maximum absolute atomic E-state index is 12.0. The van der Waals surface area contributed by atoms with E-state index in [2.05, 4.69) is 35.8 Å². The van der Waals surface area contributed by atoms with Crippen molar-refractivity contribution >= 4 is 61.8 Å². The molecule has 0 bridgehead atoms. The minimum atomic E-state index is -0.205. The van der Waals surface area contributed by atoms with Gasteiger partial charge in [0.15, 0.2) is 5.11 Å². The summed E-state index contributed by atoms with van der Waals surface area (Å²) in [6.45, 7) is 2.08. The van der Waals surface area contributed by atoms with E-state index in [1.54, 1.807) is 17.4 Å². The number of aryl methyl sites for hydroxylation is 1. The fraction of sp³-hybridized carbons (Fsp3) is 0.0500. The largest absolute Gasteiger partial charge is 0.332 e. The highest BCUT2D eigenvalue weighted by molar-refractivity contribution is 7.80. The summed E-state index contributed by atoms with van der Waals surface area (Å²) in [7, 11) is 0. The molecule has 0 aliphatic carbocycles. The Bertz CT molecular complexity index is 1120. The van der Waals surface area contributed by atoms with E-state index in [-0.39, 0.29) is 11.0 Å². The Morgan fingerprint density at radius 3 is 2.67 bits per heavy atom. The van der Waals surface area contributed by atoms with Crippen LogP contribution >= 0.6 is 34.9 Å². The van der Waals surface area contributed by atoms with Crippen molar-refractivity contribution in [1.82, 2.24) is 10.3 Å². The SMILES string of the molecule is Cc1ccc2nc(-c3ccc(NC(=S)NC(=O)c4cccs4)cc3)sc2c1. The molecule has 2 aromatic heterocycles. The van der Waals surface area contributed by atoms with Crippen molar-refractivity contribution in [1.29, 1.82) is 0 Å². The first kappa shape index (κ1) is 17.8. The molecule has 0 saturated carbocycles. The van der Waals surface area contributed by atoms with E-state index in [4.69, 9.17) is 17.2 Å². The van der Waals surface area contributed by atoms with Gasteiger partial charge in [-0.15, -0.1) is 22.7 Å². The number of thiocarbonyl (C=S) groups is 1. The molecule has 0 radical (unpaired) electrons. The number of hydrogen-bond donors (Lipinski definition) is 2. The lowest BCUT2D eigenvalue weighted by Gasteiger charge is -2.09. The molecule has 0 aliphatic rings. The third-order valence-corrected chi connectivity index (χ3v) is 6.05. The van der Waals surface area contributed by atoms with Crippen LogP contribution < -0.4 is 10.6 Å². The Kier molecular flexibility index (Phi) is 4.98. The summed E-state index contributed by atoms with van der Waals surface area (Å²) in [4.78, 5) is 17.3. The third kappa shape index (κ3) is 4.05. The Morgan fingerprint density at radius 1 is 1.11 bits per heavy atom. The molecule has 2 N–H and O–H groups in total. The van der Waals surface area contributed by atoms with Gasteiger partial charge in [0, 0.05) is 11.3 Å². The topological polar surface area (TPSA) is 54.0 Å². The normalized spacial score (nSPS) is 10.7. The number of nitrogens with one attached hydrogen (secondary N) is 2. The predicted octanol–water partition coefficient (Wildman–Crippen LogP) is 5.46. The minimum Gasteiger partial charge on any atom is -0.332 e. The second kappa shape index (κ2) is 7.56. The standard InChI is InChI=1S/C20H15N3OS3/c1-12-4-9-15-17(11-12)27-19(22-15)13-5-7-14(8-6-13)21-20(25)23-18(24)16-3-2-10-26-16/h2-11H,1H3,(H2,21,23,24,25). The van der Waals surface area contributed by atoms with Gasteiger partial charge in [-0.05, 0) is 72.5 Å². The van der Waals surface area contributed by atoms with Crippen LogP contribution in [0.5, 0.6) is 0 Å². The summed E-state index contributed by atoms with van der Waals surface area (Å²) in [5, 5.41) is 8.83. The van der Waals surface area contributed by atoms with Crippen LogP contribution in [0.2, 0.25) is 0 Å². The molecule has 4 rings (SSSR count). The van der Waals surface area contributed by atoms with E-state index in [0.717, 1.165) is 21.8 Å². The highest BCUT2D eigenvalue weighted by atomic mass is 32.1. The van der Waals surface area contributed by atoms with Gasteiger partial charge >= 0.3 is 0 Å². The summed E-state index contributed by atoms with van der Waals surface area (Å²) < 4.78 is 1.18. The minimum absolute atomic E-state index is 0.205. The van der Waals surface area contributed by atoms with Gasteiger partial charge in [-0.1, -0.05) is 12.1 Å². The molecule has 0 unspecified atom stereocenters. The molecule has 27 heavy (non-hydrogen) atoms. The van der Waals surface area contributed by atoms with Crippen molar-refractivity contribution < 1.29 is 4.79 Å². The molecule has 0 atom stereocenters. The molecule has 7 heteroatoms. The van der Waals surface area contributed by atoms with Gasteiger partial charge in [0.05, 0.1) is 15.1 Å². The molecular formula is C20H15N3OS3. The number of carbonyl (C=O) groups is 1. The van der Waals surface area contributed by atoms with Crippen LogP contribution in [0.25, 0.3) is 20.8 Å². The number of nitrogens with zero attached hydrogens (tertiary/aromatic N) is 1. The number of thiophene rings is 1. The van der Waals surface area contributed by atoms with Gasteiger partial charge in [0.1, 0.15) is 5.01 Å². The Balaban J connectivity index is 1.45. The third-order valence-electron chi connectivity index (χ3n) is 3.91. The van der Waals surface area contributed by atoms with Crippen LogP contribution in [0.3, 0.4) is 0 Å². The molecule has 1 amide bonds. The Labute approximate surface area is 169 Å². The number of aromatic nitrogens is 1. The second-order valence-electron chi connectivity index (χ2n) is 5.95. The Hall–Kier alpha value is -2.61. The smallest absolute Gasteiger partial charge is 0.267 e. The van der Waals surface area contributed by atoms with Crippen LogP contribution in [-0.4, -0.2) is 16.0 Å². The van der Waals surface area contributed by atoms with Gasteiger partial charge in [0.25, 0.3) is 5.91 Å². The van der Waals surface area contributed by atoms with Crippen LogP contribution in [-0.2, 0) is 0 Å². The molecule has 0 aliphatic heterocycles. The van der Waals surface area contributed by atoms with E-state index < -0.39 is 0 Å². The number of anilines is 1. The lowest BCUT2D eigenvalue weighted by atomic mass is 10.2. The van der Waals surface area contributed by atoms with Crippen LogP contribution in [0.1, 0.15) is 15.2 Å². The van der Waals surface area contributed by atoms with E-state index in [1.165, 1.54) is 21.6 Å². The zero-order chi connectivity index (χ0) is 18.8. The molecule has 4 aromatic rings. The first-order valence-electron chi connectivity index (χ1n) is 8.22. The van der Waals surface area contributed by atoms with Crippen molar-refractivity contribution in [3.05, 3.63) is 70.4 Å². The van der Waals surface area contributed by atoms with Gasteiger partial charge in [-0.25, -0.2) is 4.98 Å². The summed E-state index contributed by atoms with van der Waals surface area (Å²) in [6.07, 6.45) is 0. The highest BCUT2D eigenvalue weighted by Gasteiger charge is 2.10. The molecule has 2 aromatic carbocycles. The number of hydrogen-bond acceptors (Lipinski definition) is 5. The number of carbonyl (C=O) groups excluding carboxylic acids is 1. The summed E-state index contributed by atoms with van der Waals surface area (Å²) in [6, 6.07) is 17.7. The molecule has 0 saturated heterocycles. The van der Waals surface area contributed by atoms with Gasteiger partial charge in [-0.2, -0.15) is 0 Å². The monoisotopic (exact) mass is 409 g/mol. The highest BCUT2D eigenvalue weighted by Crippen LogP contribution is 2.31. The van der Waals surface area contributed by atoms with Crippen molar-refractivity contribution in [2.24, 2.45) is 0 Å².